The van der Waals surface area contributed by atoms with Gasteiger partial charge in [0.05, 0.1) is 22.5 Å². The van der Waals surface area contributed by atoms with Crippen LogP contribution in [0.3, 0.4) is 0 Å². The van der Waals surface area contributed by atoms with Crippen molar-refractivity contribution in [2.75, 3.05) is 0 Å². The zero-order valence-electron chi connectivity index (χ0n) is 10.6. The molecule has 4 nitrogen and oxygen atoms in total. The van der Waals surface area contributed by atoms with Crippen molar-refractivity contribution in [2.24, 2.45) is 0 Å². The maximum Gasteiger partial charge on any atom is 0.338 e. The summed E-state index contributed by atoms with van der Waals surface area (Å²) in [6.45, 7) is 1.34. The Morgan fingerprint density at radius 1 is 1.38 bits per heavy atom. The van der Waals surface area contributed by atoms with E-state index in [-0.39, 0.29) is 16.3 Å². The Bertz CT molecular complexity index is 723. The highest BCUT2D eigenvalue weighted by Crippen LogP contribution is 2.37. The summed E-state index contributed by atoms with van der Waals surface area (Å²) in [5.41, 5.74) is -1.93. The molecule has 0 fully saturated rings. The van der Waals surface area contributed by atoms with Crippen molar-refractivity contribution in [2.45, 2.75) is 13.3 Å². The van der Waals surface area contributed by atoms with E-state index >= 15 is 0 Å². The zero-order chi connectivity index (χ0) is 15.7. The van der Waals surface area contributed by atoms with Crippen molar-refractivity contribution >= 4 is 17.6 Å². The first-order valence-corrected chi connectivity index (χ1v) is 6.04. The molecule has 0 aliphatic heterocycles. The molecule has 0 atom stereocenters. The molecule has 0 aliphatic carbocycles. The molecule has 0 spiro atoms. The largest absolute Gasteiger partial charge is 0.478 e. The summed E-state index contributed by atoms with van der Waals surface area (Å²) in [4.78, 5) is 11.3. The summed E-state index contributed by atoms with van der Waals surface area (Å²) in [5, 5.41) is 15.8. The Morgan fingerprint density at radius 2 is 2.05 bits per heavy atom. The molecular formula is C13H8ClF3N2O2. The van der Waals surface area contributed by atoms with Gasteiger partial charge in [0.25, 0.3) is 6.43 Å². The van der Waals surface area contributed by atoms with Gasteiger partial charge in [0.2, 0.25) is 0 Å². The van der Waals surface area contributed by atoms with Gasteiger partial charge in [-0.25, -0.2) is 18.0 Å². The quantitative estimate of drug-likeness (QED) is 0.933. The van der Waals surface area contributed by atoms with Crippen LogP contribution in [0.15, 0.2) is 18.3 Å². The standard InChI is InChI=1S/C13H8ClF3N2O2/c1-5-9(13(20)21)7(4-18-19-5)10-6(12(16)17)2-3-8(14)11(10)15/h2-4,12H,1H3,(H,20,21). The number of carboxylic acid groups (broad SMARTS) is 1. The molecule has 0 bridgehead atoms. The molecular weight excluding hydrogens is 309 g/mol. The van der Waals surface area contributed by atoms with E-state index in [9.17, 15) is 23.1 Å². The number of carbonyl (C=O) groups is 1. The Morgan fingerprint density at radius 3 is 2.62 bits per heavy atom. The lowest BCUT2D eigenvalue weighted by Crippen LogP contribution is -2.08. The Hall–Kier alpha value is -2.15. The number of halogens is 4. The molecule has 2 aromatic rings. The minimum absolute atomic E-state index is 0.0143. The molecule has 0 radical (unpaired) electrons. The van der Waals surface area contributed by atoms with Crippen molar-refractivity contribution < 1.29 is 23.1 Å². The second-order valence-electron chi connectivity index (χ2n) is 4.15. The monoisotopic (exact) mass is 316 g/mol. The smallest absolute Gasteiger partial charge is 0.338 e. The van der Waals surface area contributed by atoms with Gasteiger partial charge in [-0.2, -0.15) is 10.2 Å². The fraction of sp³-hybridized carbons (Fsp3) is 0.154. The lowest BCUT2D eigenvalue weighted by atomic mass is 9.96. The van der Waals surface area contributed by atoms with Gasteiger partial charge >= 0.3 is 5.97 Å². The van der Waals surface area contributed by atoms with Gasteiger partial charge < -0.3 is 5.11 Å². The summed E-state index contributed by atoms with van der Waals surface area (Å²) in [7, 11) is 0. The van der Waals surface area contributed by atoms with E-state index in [4.69, 9.17) is 11.6 Å². The molecule has 0 unspecified atom stereocenters. The third-order valence-corrected chi connectivity index (χ3v) is 3.16. The first kappa shape index (κ1) is 15.2. The predicted octanol–water partition coefficient (Wildman–Crippen LogP) is 3.88. The molecule has 0 saturated carbocycles. The molecule has 0 aliphatic rings. The van der Waals surface area contributed by atoms with Crippen LogP contribution >= 0.6 is 11.6 Å². The number of hydrogen-bond donors (Lipinski definition) is 1. The number of aryl methyl sites for hydroxylation is 1. The molecule has 110 valence electrons. The topological polar surface area (TPSA) is 63.1 Å². The summed E-state index contributed by atoms with van der Waals surface area (Å²) in [5.74, 6) is -2.54. The van der Waals surface area contributed by atoms with Crippen LogP contribution in [0.25, 0.3) is 11.1 Å². The van der Waals surface area contributed by atoms with Gasteiger partial charge in [0.15, 0.2) is 0 Å². The third-order valence-electron chi connectivity index (χ3n) is 2.87. The SMILES string of the molecule is Cc1nncc(-c2c(C(F)F)ccc(Cl)c2F)c1C(=O)O. The minimum atomic E-state index is -3.00. The van der Waals surface area contributed by atoms with Crippen molar-refractivity contribution in [3.63, 3.8) is 0 Å². The van der Waals surface area contributed by atoms with Gasteiger partial charge in [0.1, 0.15) is 5.82 Å². The number of benzene rings is 1. The van der Waals surface area contributed by atoms with Crippen LogP contribution in [0.1, 0.15) is 28.0 Å². The predicted molar refractivity (Wildman–Crippen MR) is 69.1 cm³/mol. The van der Waals surface area contributed by atoms with E-state index in [1.165, 1.54) is 6.92 Å². The molecule has 1 aromatic carbocycles. The third kappa shape index (κ3) is 2.69. The molecule has 1 aromatic heterocycles. The van der Waals surface area contributed by atoms with E-state index in [0.29, 0.717) is 0 Å². The van der Waals surface area contributed by atoms with E-state index in [2.05, 4.69) is 10.2 Å². The Balaban J connectivity index is 2.88. The number of alkyl halides is 2. The van der Waals surface area contributed by atoms with Crippen LogP contribution in [0.4, 0.5) is 13.2 Å². The Labute approximate surface area is 122 Å². The fourth-order valence-electron chi connectivity index (χ4n) is 1.96. The lowest BCUT2D eigenvalue weighted by Gasteiger charge is -2.14. The molecule has 0 amide bonds. The Kier molecular flexibility index (Phi) is 4.13. The average Bonchev–Trinajstić information content (AvgIpc) is 2.40. The minimum Gasteiger partial charge on any atom is -0.478 e. The molecule has 2 rings (SSSR count). The van der Waals surface area contributed by atoms with Gasteiger partial charge in [-0.15, -0.1) is 0 Å². The van der Waals surface area contributed by atoms with Gasteiger partial charge in [0, 0.05) is 16.7 Å². The van der Waals surface area contributed by atoms with E-state index in [1.807, 2.05) is 0 Å². The number of nitrogens with zero attached hydrogens (tertiary/aromatic N) is 2. The molecule has 1 heterocycles. The number of carboxylic acids is 1. The summed E-state index contributed by atoms with van der Waals surface area (Å²) >= 11 is 5.61. The zero-order valence-corrected chi connectivity index (χ0v) is 11.3. The summed E-state index contributed by atoms with van der Waals surface area (Å²) in [6, 6.07) is 1.94. The van der Waals surface area contributed by atoms with Crippen LogP contribution < -0.4 is 0 Å². The van der Waals surface area contributed by atoms with Crippen molar-refractivity contribution in [1.29, 1.82) is 0 Å². The number of aromatic nitrogens is 2. The maximum absolute atomic E-state index is 14.2. The maximum atomic E-state index is 14.2. The van der Waals surface area contributed by atoms with Gasteiger partial charge in [-0.05, 0) is 13.0 Å². The fourth-order valence-corrected chi connectivity index (χ4v) is 2.12. The van der Waals surface area contributed by atoms with E-state index in [0.717, 1.165) is 18.3 Å². The highest BCUT2D eigenvalue weighted by molar-refractivity contribution is 6.31. The van der Waals surface area contributed by atoms with Crippen molar-refractivity contribution in [1.82, 2.24) is 10.2 Å². The highest BCUT2D eigenvalue weighted by atomic mass is 35.5. The first-order chi connectivity index (χ1) is 9.84. The first-order valence-electron chi connectivity index (χ1n) is 5.66. The average molecular weight is 317 g/mol. The van der Waals surface area contributed by atoms with Crippen LogP contribution in [0, 0.1) is 12.7 Å². The number of rotatable bonds is 3. The summed E-state index contributed by atoms with van der Waals surface area (Å²) < 4.78 is 40.3. The second kappa shape index (κ2) is 5.69. The molecule has 8 heteroatoms. The highest BCUT2D eigenvalue weighted by Gasteiger charge is 2.25. The van der Waals surface area contributed by atoms with Crippen molar-refractivity contribution in [3.05, 3.63) is 46.0 Å². The van der Waals surface area contributed by atoms with Gasteiger partial charge in [-0.3, -0.25) is 0 Å². The normalized spacial score (nSPS) is 11.0. The number of aromatic carboxylic acids is 1. The molecule has 0 saturated heterocycles. The van der Waals surface area contributed by atoms with Crippen LogP contribution in [-0.2, 0) is 0 Å². The van der Waals surface area contributed by atoms with Gasteiger partial charge in [-0.1, -0.05) is 17.7 Å². The second-order valence-corrected chi connectivity index (χ2v) is 4.56. The van der Waals surface area contributed by atoms with E-state index in [1.54, 1.807) is 0 Å². The number of hydrogen-bond acceptors (Lipinski definition) is 3. The van der Waals surface area contributed by atoms with Crippen LogP contribution in [-0.4, -0.2) is 21.3 Å². The molecule has 21 heavy (non-hydrogen) atoms. The van der Waals surface area contributed by atoms with Crippen LogP contribution in [0.5, 0.6) is 0 Å². The lowest BCUT2D eigenvalue weighted by molar-refractivity contribution is 0.0696. The van der Waals surface area contributed by atoms with E-state index < -0.39 is 34.9 Å². The molecule has 1 N–H and O–H groups in total. The van der Waals surface area contributed by atoms with Crippen LogP contribution in [0.2, 0.25) is 5.02 Å². The summed E-state index contributed by atoms with van der Waals surface area (Å²) in [6.07, 6.45) is -2.07. The van der Waals surface area contributed by atoms with Crippen molar-refractivity contribution in [3.8, 4) is 11.1 Å².